The average Bonchev–Trinajstić information content (AvgIpc) is 2.95. The van der Waals surface area contributed by atoms with Crippen molar-refractivity contribution in [2.45, 2.75) is 17.1 Å². The maximum Gasteiger partial charge on any atom is 0.247 e. The fraction of sp³-hybridized carbons (Fsp3) is 0.0870. The fourth-order valence-electron chi connectivity index (χ4n) is 3.32. The molecule has 9 heteroatoms. The largest absolute Gasteiger partial charge is 0.448 e. The molecule has 4 aromatic rings. The van der Waals surface area contributed by atoms with Gasteiger partial charge in [-0.15, -0.1) is 10.2 Å². The van der Waals surface area contributed by atoms with Crippen molar-refractivity contribution < 1.29 is 4.74 Å². The molecule has 1 aromatic heterocycles. The number of nitrogens with one attached hydrogen (secondary N) is 1. The topological polar surface area (TPSA) is 59.9 Å². The van der Waals surface area contributed by atoms with Crippen molar-refractivity contribution >= 4 is 52.3 Å². The van der Waals surface area contributed by atoms with Gasteiger partial charge in [-0.05, 0) is 29.8 Å². The summed E-state index contributed by atoms with van der Waals surface area (Å²) in [4.78, 5) is 4.65. The van der Waals surface area contributed by atoms with E-state index in [1.807, 2.05) is 54.6 Å². The van der Waals surface area contributed by atoms with E-state index in [4.69, 9.17) is 39.5 Å². The summed E-state index contributed by atoms with van der Waals surface area (Å²) in [5.41, 5.74) is 3.98. The Labute approximate surface area is 204 Å². The van der Waals surface area contributed by atoms with Crippen LogP contribution >= 0.6 is 46.6 Å². The van der Waals surface area contributed by atoms with Crippen LogP contribution in [0, 0.1) is 0 Å². The number of hydrogen-bond donors (Lipinski definition) is 1. The van der Waals surface area contributed by atoms with Crippen molar-refractivity contribution in [3.8, 4) is 17.1 Å². The molecule has 0 unspecified atom stereocenters. The molecular weight excluding hydrogens is 487 g/mol. The first kappa shape index (κ1) is 21.3. The quantitative estimate of drug-likeness (QED) is 0.296. The third-order valence-electron chi connectivity index (χ3n) is 4.89. The number of benzene rings is 3. The van der Waals surface area contributed by atoms with Gasteiger partial charge in [-0.3, -0.25) is 0 Å². The van der Waals surface area contributed by atoms with Crippen LogP contribution in [0.2, 0.25) is 15.1 Å². The van der Waals surface area contributed by atoms with Gasteiger partial charge in [0.1, 0.15) is 0 Å². The summed E-state index contributed by atoms with van der Waals surface area (Å²) in [7, 11) is 0. The molecule has 160 valence electrons. The molecule has 0 bridgehead atoms. The molecule has 0 amide bonds. The van der Waals surface area contributed by atoms with Gasteiger partial charge in [0.25, 0.3) is 0 Å². The third kappa shape index (κ3) is 4.36. The van der Waals surface area contributed by atoms with Crippen LogP contribution in [-0.4, -0.2) is 15.2 Å². The van der Waals surface area contributed by atoms with Crippen molar-refractivity contribution in [1.29, 1.82) is 0 Å². The molecule has 0 saturated carbocycles. The molecule has 1 atom stereocenters. The highest BCUT2D eigenvalue weighted by molar-refractivity contribution is 7.98. The molecule has 0 fully saturated rings. The zero-order valence-electron chi connectivity index (χ0n) is 16.4. The molecular formula is C23H15Cl3N4OS. The summed E-state index contributed by atoms with van der Waals surface area (Å²) >= 11 is 20.3. The van der Waals surface area contributed by atoms with Crippen LogP contribution in [0.1, 0.15) is 17.4 Å². The standard InChI is InChI=1S/C23H15Cl3N4OS/c24-14-9-10-15(18(26)11-14)21-27-19-8-4-2-6-16(19)20-22(31-21)28-23(30-29-20)32-12-13-5-1-3-7-17(13)25/h1-11,21,27H,12H2/t21-/m1/s1. The van der Waals surface area contributed by atoms with Crippen LogP contribution in [0.25, 0.3) is 11.3 Å². The Morgan fingerprint density at radius 2 is 1.72 bits per heavy atom. The number of thioether (sulfide) groups is 1. The maximum atomic E-state index is 6.46. The van der Waals surface area contributed by atoms with E-state index >= 15 is 0 Å². The average molecular weight is 502 g/mol. The highest BCUT2D eigenvalue weighted by atomic mass is 35.5. The molecule has 1 aliphatic heterocycles. The highest BCUT2D eigenvalue weighted by Gasteiger charge is 2.27. The molecule has 2 heterocycles. The second-order valence-corrected chi connectivity index (χ2v) is 9.18. The van der Waals surface area contributed by atoms with E-state index in [0.29, 0.717) is 37.6 Å². The Kier molecular flexibility index (Phi) is 6.11. The van der Waals surface area contributed by atoms with E-state index in [2.05, 4.69) is 20.5 Å². The second-order valence-electron chi connectivity index (χ2n) is 6.98. The monoisotopic (exact) mass is 500 g/mol. The van der Waals surface area contributed by atoms with Gasteiger partial charge in [-0.25, -0.2) is 0 Å². The first-order chi connectivity index (χ1) is 15.6. The number of nitrogens with zero attached hydrogens (tertiary/aromatic N) is 3. The lowest BCUT2D eigenvalue weighted by Crippen LogP contribution is -2.17. The van der Waals surface area contributed by atoms with Gasteiger partial charge >= 0.3 is 0 Å². The first-order valence-corrected chi connectivity index (χ1v) is 11.8. The van der Waals surface area contributed by atoms with Gasteiger partial charge in [-0.1, -0.05) is 89.0 Å². The summed E-state index contributed by atoms with van der Waals surface area (Å²) in [6.07, 6.45) is -0.583. The zero-order chi connectivity index (χ0) is 22.1. The predicted octanol–water partition coefficient (Wildman–Crippen LogP) is 7.29. The summed E-state index contributed by atoms with van der Waals surface area (Å²) < 4.78 is 6.27. The summed E-state index contributed by atoms with van der Waals surface area (Å²) in [6.45, 7) is 0. The SMILES string of the molecule is Clc1ccc([C@@H]2Nc3ccccc3-c3nnc(SCc4ccccc4Cl)nc3O2)c(Cl)c1. The van der Waals surface area contributed by atoms with Gasteiger partial charge in [0.2, 0.25) is 11.0 Å². The lowest BCUT2D eigenvalue weighted by atomic mass is 10.1. The van der Waals surface area contributed by atoms with E-state index in [9.17, 15) is 0 Å². The Bertz CT molecular complexity index is 1300. The lowest BCUT2D eigenvalue weighted by molar-refractivity contribution is 0.225. The van der Waals surface area contributed by atoms with Gasteiger partial charge in [0, 0.05) is 32.6 Å². The zero-order valence-corrected chi connectivity index (χ0v) is 19.5. The number of ether oxygens (including phenoxy) is 1. The van der Waals surface area contributed by atoms with E-state index in [1.54, 1.807) is 12.1 Å². The Morgan fingerprint density at radius 3 is 2.56 bits per heavy atom. The first-order valence-electron chi connectivity index (χ1n) is 9.67. The van der Waals surface area contributed by atoms with Crippen molar-refractivity contribution in [2.75, 3.05) is 5.32 Å². The fourth-order valence-corrected chi connectivity index (χ4v) is 4.89. The Morgan fingerprint density at radius 1 is 0.906 bits per heavy atom. The summed E-state index contributed by atoms with van der Waals surface area (Å²) in [5, 5.41) is 14.4. The third-order valence-corrected chi connectivity index (χ3v) is 6.71. The van der Waals surface area contributed by atoms with Crippen LogP contribution in [0.15, 0.2) is 71.9 Å². The van der Waals surface area contributed by atoms with Gasteiger partial charge < -0.3 is 10.1 Å². The van der Waals surface area contributed by atoms with E-state index < -0.39 is 6.23 Å². The summed E-state index contributed by atoms with van der Waals surface area (Å²) in [5.74, 6) is 0.983. The molecule has 5 rings (SSSR count). The van der Waals surface area contributed by atoms with E-state index in [0.717, 1.165) is 22.4 Å². The molecule has 0 spiro atoms. The van der Waals surface area contributed by atoms with Crippen LogP contribution in [0.4, 0.5) is 5.69 Å². The Hall–Kier alpha value is -2.51. The second kappa shape index (κ2) is 9.16. The maximum absolute atomic E-state index is 6.46. The van der Waals surface area contributed by atoms with Crippen LogP contribution in [-0.2, 0) is 5.75 Å². The number of fused-ring (bicyclic) bond motifs is 3. The van der Waals surface area contributed by atoms with Gasteiger partial charge in [-0.2, -0.15) is 4.98 Å². The van der Waals surface area contributed by atoms with E-state index in [-0.39, 0.29) is 0 Å². The Balaban J connectivity index is 1.51. The van der Waals surface area contributed by atoms with Crippen LogP contribution < -0.4 is 10.1 Å². The normalized spacial score (nSPS) is 14.5. The molecule has 0 radical (unpaired) electrons. The smallest absolute Gasteiger partial charge is 0.247 e. The minimum atomic E-state index is -0.583. The number of rotatable bonds is 4. The minimum absolute atomic E-state index is 0.370. The molecule has 0 aliphatic carbocycles. The molecule has 1 aliphatic rings. The molecule has 5 nitrogen and oxygen atoms in total. The van der Waals surface area contributed by atoms with Gasteiger partial charge in [0.05, 0.1) is 5.02 Å². The van der Waals surface area contributed by atoms with Crippen molar-refractivity contribution in [2.24, 2.45) is 0 Å². The molecule has 3 aromatic carbocycles. The predicted molar refractivity (Wildman–Crippen MR) is 130 cm³/mol. The van der Waals surface area contributed by atoms with Crippen molar-refractivity contribution in [3.05, 3.63) is 92.9 Å². The highest BCUT2D eigenvalue weighted by Crippen LogP contribution is 2.41. The van der Waals surface area contributed by atoms with Gasteiger partial charge in [0.15, 0.2) is 11.9 Å². The minimum Gasteiger partial charge on any atom is -0.448 e. The molecule has 32 heavy (non-hydrogen) atoms. The van der Waals surface area contributed by atoms with Crippen LogP contribution in [0.5, 0.6) is 5.88 Å². The number of anilines is 1. The number of para-hydroxylation sites is 1. The summed E-state index contributed by atoms with van der Waals surface area (Å²) in [6, 6.07) is 20.7. The molecule has 1 N–H and O–H groups in total. The number of hydrogen-bond acceptors (Lipinski definition) is 6. The van der Waals surface area contributed by atoms with Crippen molar-refractivity contribution in [1.82, 2.24) is 15.2 Å². The number of aromatic nitrogens is 3. The van der Waals surface area contributed by atoms with E-state index in [1.165, 1.54) is 11.8 Å². The van der Waals surface area contributed by atoms with Crippen LogP contribution in [0.3, 0.4) is 0 Å². The lowest BCUT2D eigenvalue weighted by Gasteiger charge is -2.20. The molecule has 0 saturated heterocycles. The van der Waals surface area contributed by atoms with Crippen molar-refractivity contribution in [3.63, 3.8) is 0 Å². The number of halogens is 3.